The molecule has 6 heteroatoms. The normalized spacial score (nSPS) is 22.5. The Morgan fingerprint density at radius 3 is 2.11 bits per heavy atom. The molecule has 1 aromatic carbocycles. The van der Waals surface area contributed by atoms with E-state index in [-0.39, 0.29) is 5.91 Å². The van der Waals surface area contributed by atoms with Crippen molar-refractivity contribution in [2.45, 2.75) is 65.7 Å². The molecule has 27 heavy (non-hydrogen) atoms. The standard InChI is InChI=1S/C21H33BN2O3/c1-15(2)23-10-12-24(13-11-23)19(25)17-9-8-16(3)18(14-17)22-26-20(4,5)21(6,7)27-22/h8-9,14-15H,10-13H2,1-7H3. The highest BCUT2D eigenvalue weighted by molar-refractivity contribution is 6.62. The van der Waals surface area contributed by atoms with Gasteiger partial charge in [0.05, 0.1) is 11.2 Å². The Morgan fingerprint density at radius 2 is 1.59 bits per heavy atom. The molecule has 0 aliphatic carbocycles. The number of aryl methyl sites for hydroxylation is 1. The van der Waals surface area contributed by atoms with Crippen molar-refractivity contribution in [1.82, 2.24) is 9.80 Å². The lowest BCUT2D eigenvalue weighted by Gasteiger charge is -2.37. The first kappa shape index (κ1) is 20.4. The molecular formula is C21H33BN2O3. The van der Waals surface area contributed by atoms with Crippen LogP contribution in [0, 0.1) is 6.92 Å². The molecule has 3 rings (SSSR count). The molecule has 0 radical (unpaired) electrons. The number of piperazine rings is 1. The van der Waals surface area contributed by atoms with Gasteiger partial charge < -0.3 is 14.2 Å². The van der Waals surface area contributed by atoms with E-state index in [1.54, 1.807) is 0 Å². The number of rotatable bonds is 3. The number of carbonyl (C=O) groups is 1. The van der Waals surface area contributed by atoms with Crippen molar-refractivity contribution in [1.29, 1.82) is 0 Å². The van der Waals surface area contributed by atoms with Crippen LogP contribution in [0.25, 0.3) is 0 Å². The first-order chi connectivity index (χ1) is 12.5. The molecule has 148 valence electrons. The molecule has 2 saturated heterocycles. The number of amides is 1. The number of carbonyl (C=O) groups excluding carboxylic acids is 1. The maximum absolute atomic E-state index is 13.0. The Morgan fingerprint density at radius 1 is 1.04 bits per heavy atom. The molecule has 0 aromatic heterocycles. The van der Waals surface area contributed by atoms with Crippen molar-refractivity contribution in [2.24, 2.45) is 0 Å². The quantitative estimate of drug-likeness (QED) is 0.765. The van der Waals surface area contributed by atoms with Crippen LogP contribution >= 0.6 is 0 Å². The summed E-state index contributed by atoms with van der Waals surface area (Å²) in [6, 6.07) is 6.39. The largest absolute Gasteiger partial charge is 0.495 e. The predicted octanol–water partition coefficient (Wildman–Crippen LogP) is 2.46. The molecule has 5 nitrogen and oxygen atoms in total. The summed E-state index contributed by atoms with van der Waals surface area (Å²) in [5, 5.41) is 0. The van der Waals surface area contributed by atoms with Gasteiger partial charge in [-0.2, -0.15) is 0 Å². The van der Waals surface area contributed by atoms with Gasteiger partial charge in [0, 0.05) is 37.8 Å². The van der Waals surface area contributed by atoms with Gasteiger partial charge in [0.15, 0.2) is 0 Å². The molecule has 0 unspecified atom stereocenters. The molecule has 1 aromatic rings. The van der Waals surface area contributed by atoms with Crippen molar-refractivity contribution in [3.63, 3.8) is 0 Å². The van der Waals surface area contributed by atoms with E-state index in [4.69, 9.17) is 9.31 Å². The maximum atomic E-state index is 13.0. The van der Waals surface area contributed by atoms with Gasteiger partial charge in [-0.3, -0.25) is 9.69 Å². The first-order valence-electron chi connectivity index (χ1n) is 10.0. The molecule has 0 saturated carbocycles. The van der Waals surface area contributed by atoms with Gasteiger partial charge in [0.1, 0.15) is 0 Å². The average molecular weight is 372 g/mol. The monoisotopic (exact) mass is 372 g/mol. The van der Waals surface area contributed by atoms with Gasteiger partial charge in [-0.15, -0.1) is 0 Å². The Kier molecular flexibility index (Phi) is 5.45. The Labute approximate surface area is 164 Å². The van der Waals surface area contributed by atoms with E-state index >= 15 is 0 Å². The van der Waals surface area contributed by atoms with E-state index in [1.165, 1.54) is 0 Å². The van der Waals surface area contributed by atoms with Crippen molar-refractivity contribution in [3.05, 3.63) is 29.3 Å². The van der Waals surface area contributed by atoms with Crippen molar-refractivity contribution >= 4 is 18.5 Å². The minimum atomic E-state index is -0.444. The molecule has 1 amide bonds. The zero-order valence-electron chi connectivity index (χ0n) is 17.8. The highest BCUT2D eigenvalue weighted by Gasteiger charge is 2.52. The highest BCUT2D eigenvalue weighted by Crippen LogP contribution is 2.36. The van der Waals surface area contributed by atoms with Crippen LogP contribution in [0.5, 0.6) is 0 Å². The van der Waals surface area contributed by atoms with Crippen LogP contribution in [0.2, 0.25) is 0 Å². The summed E-state index contributed by atoms with van der Waals surface area (Å²) in [6.07, 6.45) is 0. The molecule has 0 atom stereocenters. The summed E-state index contributed by atoms with van der Waals surface area (Å²) in [4.78, 5) is 17.4. The molecular weight excluding hydrogens is 339 g/mol. The maximum Gasteiger partial charge on any atom is 0.495 e. The second-order valence-corrected chi connectivity index (χ2v) is 9.08. The van der Waals surface area contributed by atoms with Gasteiger partial charge in [-0.25, -0.2) is 0 Å². The Bertz CT molecular complexity index is 693. The smallest absolute Gasteiger partial charge is 0.399 e. The van der Waals surface area contributed by atoms with Crippen LogP contribution in [0.4, 0.5) is 0 Å². The van der Waals surface area contributed by atoms with E-state index in [0.29, 0.717) is 11.6 Å². The molecule has 2 aliphatic heterocycles. The molecule has 2 fully saturated rings. The number of hydrogen-bond acceptors (Lipinski definition) is 4. The summed E-state index contributed by atoms with van der Waals surface area (Å²) < 4.78 is 12.4. The Balaban J connectivity index is 1.77. The lowest BCUT2D eigenvalue weighted by molar-refractivity contribution is 0.00578. The predicted molar refractivity (Wildman–Crippen MR) is 110 cm³/mol. The molecule has 0 spiro atoms. The summed E-state index contributed by atoms with van der Waals surface area (Å²) in [5.41, 5.74) is 1.95. The zero-order valence-corrected chi connectivity index (χ0v) is 17.8. The summed E-state index contributed by atoms with van der Waals surface area (Å²) in [6.45, 7) is 18.0. The van der Waals surface area contributed by atoms with E-state index in [9.17, 15) is 4.79 Å². The lowest BCUT2D eigenvalue weighted by Crippen LogP contribution is -2.50. The first-order valence-corrected chi connectivity index (χ1v) is 10.0. The topological polar surface area (TPSA) is 42.0 Å². The van der Waals surface area contributed by atoms with Crippen LogP contribution in [-0.4, -0.2) is 66.2 Å². The van der Waals surface area contributed by atoms with Crippen LogP contribution < -0.4 is 5.46 Å². The lowest BCUT2D eigenvalue weighted by atomic mass is 9.75. The molecule has 2 heterocycles. The fraction of sp³-hybridized carbons (Fsp3) is 0.667. The van der Waals surface area contributed by atoms with Gasteiger partial charge >= 0.3 is 7.12 Å². The van der Waals surface area contributed by atoms with Crippen molar-refractivity contribution in [3.8, 4) is 0 Å². The second kappa shape index (κ2) is 7.23. The minimum Gasteiger partial charge on any atom is -0.399 e. The summed E-state index contributed by atoms with van der Waals surface area (Å²) in [5.74, 6) is 0.0937. The third-order valence-electron chi connectivity index (χ3n) is 6.37. The summed E-state index contributed by atoms with van der Waals surface area (Å²) in [7, 11) is -0.444. The molecule has 0 bridgehead atoms. The van der Waals surface area contributed by atoms with E-state index < -0.39 is 18.3 Å². The number of nitrogens with zero attached hydrogens (tertiary/aromatic N) is 2. The molecule has 2 aliphatic rings. The SMILES string of the molecule is Cc1ccc(C(=O)N2CCN(C(C)C)CC2)cc1B1OC(C)(C)C(C)(C)O1. The van der Waals surface area contributed by atoms with Gasteiger partial charge in [-0.1, -0.05) is 11.6 Å². The van der Waals surface area contributed by atoms with Gasteiger partial charge in [0.2, 0.25) is 0 Å². The van der Waals surface area contributed by atoms with Crippen molar-refractivity contribution < 1.29 is 14.1 Å². The fourth-order valence-electron chi connectivity index (χ4n) is 3.62. The van der Waals surface area contributed by atoms with E-state index in [2.05, 4.69) is 18.7 Å². The third kappa shape index (κ3) is 3.93. The highest BCUT2D eigenvalue weighted by atomic mass is 16.7. The third-order valence-corrected chi connectivity index (χ3v) is 6.37. The number of hydrogen-bond donors (Lipinski definition) is 0. The fourth-order valence-corrected chi connectivity index (χ4v) is 3.62. The summed E-state index contributed by atoms with van der Waals surface area (Å²) >= 11 is 0. The van der Waals surface area contributed by atoms with Crippen LogP contribution in [-0.2, 0) is 9.31 Å². The van der Waals surface area contributed by atoms with E-state index in [0.717, 1.165) is 37.2 Å². The zero-order chi connectivity index (χ0) is 20.0. The van der Waals surface area contributed by atoms with Crippen LogP contribution in [0.1, 0.15) is 57.5 Å². The van der Waals surface area contributed by atoms with Gasteiger partial charge in [-0.05, 0) is 66.1 Å². The second-order valence-electron chi connectivity index (χ2n) is 9.08. The van der Waals surface area contributed by atoms with Crippen LogP contribution in [0.3, 0.4) is 0 Å². The number of benzene rings is 1. The Hall–Kier alpha value is -1.37. The van der Waals surface area contributed by atoms with Gasteiger partial charge in [0.25, 0.3) is 5.91 Å². The molecule has 0 N–H and O–H groups in total. The van der Waals surface area contributed by atoms with E-state index in [1.807, 2.05) is 57.7 Å². The average Bonchev–Trinajstić information content (AvgIpc) is 2.82. The van der Waals surface area contributed by atoms with Crippen LogP contribution in [0.15, 0.2) is 18.2 Å². The van der Waals surface area contributed by atoms with Crippen molar-refractivity contribution in [2.75, 3.05) is 26.2 Å². The minimum absolute atomic E-state index is 0.0937.